The van der Waals surface area contributed by atoms with Crippen LogP contribution in [0.15, 0.2) is 0 Å². The lowest BCUT2D eigenvalue weighted by Crippen LogP contribution is -2.29. The van der Waals surface area contributed by atoms with Crippen molar-refractivity contribution >= 4 is 17.6 Å². The average Bonchev–Trinajstić information content (AvgIpc) is 1.86. The number of alkyl halides is 1. The minimum absolute atomic E-state index is 0.494. The maximum absolute atomic E-state index is 10.6. The lowest BCUT2D eigenvalue weighted by atomic mass is 10.1. The molecular weight excluding hydrogens is 156 g/mol. The first kappa shape index (κ1) is 9.72. The first-order valence-corrected chi connectivity index (χ1v) is 3.47. The maximum Gasteiger partial charge on any atom is 0.362 e. The lowest BCUT2D eigenvalue weighted by Gasteiger charge is -2.15. The molecule has 0 aliphatic rings. The molecule has 1 atom stereocenters. The second-order valence-electron chi connectivity index (χ2n) is 2.33. The van der Waals surface area contributed by atoms with Crippen LogP contribution in [0.5, 0.6) is 0 Å². The van der Waals surface area contributed by atoms with Crippen LogP contribution in [0, 0.1) is 0 Å². The third-order valence-corrected chi connectivity index (χ3v) is 1.57. The van der Waals surface area contributed by atoms with Gasteiger partial charge in [0.2, 0.25) is 0 Å². The predicted octanol–water partition coefficient (Wildman–Crippen LogP) is 1.80. The molecule has 0 saturated carbocycles. The van der Waals surface area contributed by atoms with E-state index in [-0.39, 0.29) is 0 Å². The fraction of sp³-hybridized carbons (Fsp3) is 0.833. The Morgan fingerprint density at radius 3 is 2.60 bits per heavy atom. The highest BCUT2D eigenvalue weighted by molar-refractivity contribution is 6.33. The monoisotopic (exact) mass is 166 g/mol. The summed E-state index contributed by atoms with van der Waals surface area (Å²) in [5, 5.41) is 7.96. The van der Waals surface area contributed by atoms with Crippen molar-refractivity contribution in [1.29, 1.82) is 0 Å². The summed E-state index contributed by atoms with van der Waals surface area (Å²) in [5.74, 6) is -0.795. The van der Waals surface area contributed by atoms with Crippen LogP contribution >= 0.6 is 11.6 Å². The number of halogens is 1. The third kappa shape index (κ3) is 2.54. The van der Waals surface area contributed by atoms with Gasteiger partial charge in [-0.15, -0.1) is 11.6 Å². The van der Waals surface area contributed by atoms with E-state index >= 15 is 0 Å². The van der Waals surface area contributed by atoms with E-state index in [2.05, 4.69) is 4.89 Å². The molecule has 4 heteroatoms. The molecule has 0 aromatic rings. The van der Waals surface area contributed by atoms with Crippen LogP contribution < -0.4 is 0 Å². The summed E-state index contributed by atoms with van der Waals surface area (Å²) < 4.78 is 0. The van der Waals surface area contributed by atoms with E-state index in [9.17, 15) is 4.79 Å². The van der Waals surface area contributed by atoms with Crippen LogP contribution in [0.3, 0.4) is 0 Å². The number of carbonyl (C=O) groups is 1. The van der Waals surface area contributed by atoms with Crippen molar-refractivity contribution in [3.05, 3.63) is 0 Å². The molecule has 0 spiro atoms. The van der Waals surface area contributed by atoms with Gasteiger partial charge in [0, 0.05) is 0 Å². The van der Waals surface area contributed by atoms with Crippen LogP contribution in [0.1, 0.15) is 26.7 Å². The van der Waals surface area contributed by atoms with Crippen molar-refractivity contribution in [3.8, 4) is 0 Å². The predicted molar refractivity (Wildman–Crippen MR) is 37.9 cm³/mol. The molecule has 0 radical (unpaired) electrons. The molecule has 0 heterocycles. The fourth-order valence-corrected chi connectivity index (χ4v) is 0.890. The lowest BCUT2D eigenvalue weighted by molar-refractivity contribution is -0.237. The Morgan fingerprint density at radius 2 is 2.30 bits per heavy atom. The van der Waals surface area contributed by atoms with E-state index in [1.807, 2.05) is 6.92 Å². The van der Waals surface area contributed by atoms with E-state index in [0.717, 1.165) is 6.42 Å². The Morgan fingerprint density at radius 1 is 1.80 bits per heavy atom. The Kier molecular flexibility index (Phi) is 3.68. The van der Waals surface area contributed by atoms with Gasteiger partial charge in [-0.3, -0.25) is 4.89 Å². The van der Waals surface area contributed by atoms with Crippen molar-refractivity contribution in [2.45, 2.75) is 31.6 Å². The zero-order valence-electron chi connectivity index (χ0n) is 6.06. The van der Waals surface area contributed by atoms with Crippen molar-refractivity contribution in [2.75, 3.05) is 0 Å². The second-order valence-corrected chi connectivity index (χ2v) is 3.16. The molecule has 10 heavy (non-hydrogen) atoms. The van der Waals surface area contributed by atoms with Gasteiger partial charge < -0.3 is 0 Å². The van der Waals surface area contributed by atoms with Gasteiger partial charge in [-0.25, -0.2) is 4.79 Å². The molecule has 0 aliphatic carbocycles. The van der Waals surface area contributed by atoms with E-state index in [1.165, 1.54) is 6.92 Å². The van der Waals surface area contributed by atoms with Crippen LogP contribution in [-0.4, -0.2) is 16.1 Å². The highest BCUT2D eigenvalue weighted by atomic mass is 35.5. The third-order valence-electron chi connectivity index (χ3n) is 1.23. The Balaban J connectivity index is 3.96. The van der Waals surface area contributed by atoms with Gasteiger partial charge in [0.1, 0.15) is 4.87 Å². The minimum Gasteiger partial charge on any atom is -0.299 e. The molecule has 0 bridgehead atoms. The molecule has 1 N–H and O–H groups in total. The smallest absolute Gasteiger partial charge is 0.299 e. The van der Waals surface area contributed by atoms with Crippen LogP contribution in [-0.2, 0) is 9.68 Å². The number of carbonyl (C=O) groups excluding carboxylic acids is 1. The molecule has 0 aliphatic heterocycles. The molecule has 0 rings (SSSR count). The summed E-state index contributed by atoms with van der Waals surface area (Å²) in [7, 11) is 0. The summed E-state index contributed by atoms with van der Waals surface area (Å²) in [4.78, 5) is 13.0. The summed E-state index contributed by atoms with van der Waals surface area (Å²) in [6.07, 6.45) is 1.27. The minimum atomic E-state index is -1.08. The average molecular weight is 167 g/mol. The van der Waals surface area contributed by atoms with Crippen LogP contribution in [0.2, 0.25) is 0 Å². The van der Waals surface area contributed by atoms with Crippen molar-refractivity contribution in [3.63, 3.8) is 0 Å². The fourth-order valence-electron chi connectivity index (χ4n) is 0.667. The first-order chi connectivity index (χ1) is 4.54. The van der Waals surface area contributed by atoms with E-state index in [4.69, 9.17) is 16.9 Å². The number of rotatable bonds is 3. The summed E-state index contributed by atoms with van der Waals surface area (Å²) >= 11 is 5.65. The Hall–Kier alpha value is -0.280. The van der Waals surface area contributed by atoms with Gasteiger partial charge in [-0.2, -0.15) is 5.26 Å². The highest BCUT2D eigenvalue weighted by Gasteiger charge is 2.31. The number of hydrogen-bond donors (Lipinski definition) is 1. The standard InChI is InChI=1S/C6H11ClO3/c1-3-4-6(2,7)5(8)10-9/h9H,3-4H2,1-2H3. The summed E-state index contributed by atoms with van der Waals surface area (Å²) in [5.41, 5.74) is 0. The summed E-state index contributed by atoms with van der Waals surface area (Å²) in [6.45, 7) is 3.40. The molecule has 1 unspecified atom stereocenters. The molecule has 0 amide bonds. The van der Waals surface area contributed by atoms with Crippen LogP contribution in [0.4, 0.5) is 0 Å². The Bertz CT molecular complexity index is 122. The first-order valence-electron chi connectivity index (χ1n) is 3.09. The largest absolute Gasteiger partial charge is 0.362 e. The van der Waals surface area contributed by atoms with Crippen LogP contribution in [0.25, 0.3) is 0 Å². The molecule has 0 fully saturated rings. The van der Waals surface area contributed by atoms with E-state index < -0.39 is 10.8 Å². The molecule has 60 valence electrons. The second kappa shape index (κ2) is 3.78. The van der Waals surface area contributed by atoms with Gasteiger partial charge in [0.25, 0.3) is 0 Å². The van der Waals surface area contributed by atoms with Gasteiger partial charge in [0.05, 0.1) is 0 Å². The zero-order chi connectivity index (χ0) is 8.20. The molecular formula is C6H11ClO3. The SMILES string of the molecule is CCCC(C)(Cl)C(=O)OO. The molecule has 0 saturated heterocycles. The van der Waals surface area contributed by atoms with E-state index in [1.54, 1.807) is 0 Å². The zero-order valence-corrected chi connectivity index (χ0v) is 6.81. The van der Waals surface area contributed by atoms with Gasteiger partial charge in [-0.05, 0) is 13.3 Å². The van der Waals surface area contributed by atoms with Gasteiger partial charge in [-0.1, -0.05) is 13.3 Å². The van der Waals surface area contributed by atoms with Gasteiger partial charge in [0.15, 0.2) is 0 Å². The maximum atomic E-state index is 10.6. The van der Waals surface area contributed by atoms with Gasteiger partial charge >= 0.3 is 5.97 Å². The molecule has 0 aromatic heterocycles. The highest BCUT2D eigenvalue weighted by Crippen LogP contribution is 2.21. The molecule has 0 aromatic carbocycles. The van der Waals surface area contributed by atoms with Crippen molar-refractivity contribution in [2.24, 2.45) is 0 Å². The number of hydrogen-bond acceptors (Lipinski definition) is 3. The molecule has 3 nitrogen and oxygen atoms in total. The normalized spacial score (nSPS) is 16.0. The summed E-state index contributed by atoms with van der Waals surface area (Å²) in [6, 6.07) is 0. The Labute approximate surface area is 64.9 Å². The van der Waals surface area contributed by atoms with E-state index in [0.29, 0.717) is 6.42 Å². The van der Waals surface area contributed by atoms with Crippen molar-refractivity contribution in [1.82, 2.24) is 0 Å². The topological polar surface area (TPSA) is 46.5 Å². The van der Waals surface area contributed by atoms with Crippen molar-refractivity contribution < 1.29 is 14.9 Å². The quantitative estimate of drug-likeness (QED) is 0.395.